The van der Waals surface area contributed by atoms with Gasteiger partial charge in [0.2, 0.25) is 0 Å². The number of carboxylic acids is 1. The number of thiophene rings is 1. The van der Waals surface area contributed by atoms with E-state index in [0.29, 0.717) is 0 Å². The van der Waals surface area contributed by atoms with E-state index in [-0.39, 0.29) is 6.54 Å². The molecule has 4 heteroatoms. The van der Waals surface area contributed by atoms with Gasteiger partial charge in [-0.25, -0.2) is 0 Å². The van der Waals surface area contributed by atoms with E-state index in [0.717, 1.165) is 19.5 Å². The highest BCUT2D eigenvalue weighted by molar-refractivity contribution is 7.10. The summed E-state index contributed by atoms with van der Waals surface area (Å²) in [6.45, 7) is 5.85. The molecule has 1 aromatic rings. The Kier molecular flexibility index (Phi) is 4.78. The molecule has 0 aliphatic rings. The van der Waals surface area contributed by atoms with Gasteiger partial charge in [-0.3, -0.25) is 9.69 Å². The van der Waals surface area contributed by atoms with Crippen LogP contribution in [-0.4, -0.2) is 29.1 Å². The highest BCUT2D eigenvalue weighted by Gasteiger charge is 2.10. The van der Waals surface area contributed by atoms with Gasteiger partial charge in [0.15, 0.2) is 0 Å². The first-order valence-corrected chi connectivity index (χ1v) is 5.98. The maximum Gasteiger partial charge on any atom is 0.317 e. The van der Waals surface area contributed by atoms with E-state index >= 15 is 0 Å². The minimum atomic E-state index is -0.753. The summed E-state index contributed by atoms with van der Waals surface area (Å²) >= 11 is 1.71. The first-order valence-electron chi connectivity index (χ1n) is 5.10. The Balaban J connectivity index is 2.58. The first-order chi connectivity index (χ1) is 7.13. The lowest BCUT2D eigenvalue weighted by atomic mass is 10.2. The van der Waals surface area contributed by atoms with Crippen molar-refractivity contribution in [2.24, 2.45) is 0 Å². The SMILES string of the molecule is CCCN(CC(=O)O)Cc1ccsc1C. The number of aliphatic carboxylic acids is 1. The van der Waals surface area contributed by atoms with Gasteiger partial charge >= 0.3 is 5.97 Å². The molecular weight excluding hydrogens is 210 g/mol. The van der Waals surface area contributed by atoms with Crippen molar-refractivity contribution in [2.75, 3.05) is 13.1 Å². The summed E-state index contributed by atoms with van der Waals surface area (Å²) in [5.41, 5.74) is 1.25. The van der Waals surface area contributed by atoms with Crippen LogP contribution >= 0.6 is 11.3 Å². The molecule has 0 saturated carbocycles. The molecule has 0 aliphatic heterocycles. The van der Waals surface area contributed by atoms with E-state index in [1.54, 1.807) is 11.3 Å². The molecule has 0 saturated heterocycles. The number of hydrogen-bond acceptors (Lipinski definition) is 3. The average Bonchev–Trinajstić information content (AvgIpc) is 2.51. The zero-order chi connectivity index (χ0) is 11.3. The molecule has 1 aromatic heterocycles. The van der Waals surface area contributed by atoms with Gasteiger partial charge in [-0.2, -0.15) is 0 Å². The molecule has 0 unspecified atom stereocenters. The van der Waals surface area contributed by atoms with Crippen LogP contribution in [0.5, 0.6) is 0 Å². The summed E-state index contributed by atoms with van der Waals surface area (Å²) < 4.78 is 0. The third kappa shape index (κ3) is 4.01. The van der Waals surface area contributed by atoms with Gasteiger partial charge < -0.3 is 5.11 Å². The Morgan fingerprint density at radius 3 is 2.80 bits per heavy atom. The minimum absolute atomic E-state index is 0.128. The Bertz CT molecular complexity index is 322. The van der Waals surface area contributed by atoms with Crippen LogP contribution in [0.15, 0.2) is 11.4 Å². The molecule has 0 aromatic carbocycles. The van der Waals surface area contributed by atoms with Crippen LogP contribution < -0.4 is 0 Å². The van der Waals surface area contributed by atoms with E-state index in [9.17, 15) is 4.79 Å². The number of carbonyl (C=O) groups is 1. The highest BCUT2D eigenvalue weighted by Crippen LogP contribution is 2.17. The van der Waals surface area contributed by atoms with Gasteiger partial charge in [0, 0.05) is 11.4 Å². The molecule has 0 radical (unpaired) electrons. The van der Waals surface area contributed by atoms with Crippen molar-refractivity contribution < 1.29 is 9.90 Å². The fourth-order valence-corrected chi connectivity index (χ4v) is 2.26. The lowest BCUT2D eigenvalue weighted by Crippen LogP contribution is -2.30. The normalized spacial score (nSPS) is 10.9. The molecule has 0 bridgehead atoms. The molecule has 84 valence electrons. The van der Waals surface area contributed by atoms with Crippen LogP contribution in [0, 0.1) is 6.92 Å². The van der Waals surface area contributed by atoms with Gasteiger partial charge in [-0.1, -0.05) is 6.92 Å². The van der Waals surface area contributed by atoms with E-state index in [1.165, 1.54) is 10.4 Å². The average molecular weight is 227 g/mol. The van der Waals surface area contributed by atoms with Crippen LogP contribution in [0.25, 0.3) is 0 Å². The molecule has 0 fully saturated rings. The molecule has 3 nitrogen and oxygen atoms in total. The Morgan fingerprint density at radius 1 is 1.60 bits per heavy atom. The van der Waals surface area contributed by atoms with Gasteiger partial charge in [-0.05, 0) is 36.9 Å². The van der Waals surface area contributed by atoms with Gasteiger partial charge in [0.1, 0.15) is 0 Å². The lowest BCUT2D eigenvalue weighted by molar-refractivity contribution is -0.138. The van der Waals surface area contributed by atoms with Crippen LogP contribution in [0.1, 0.15) is 23.8 Å². The molecule has 0 aliphatic carbocycles. The number of carboxylic acid groups (broad SMARTS) is 1. The molecule has 1 rings (SSSR count). The quantitative estimate of drug-likeness (QED) is 0.811. The zero-order valence-corrected chi connectivity index (χ0v) is 10.0. The van der Waals surface area contributed by atoms with E-state index < -0.39 is 5.97 Å². The summed E-state index contributed by atoms with van der Waals surface area (Å²) in [4.78, 5) is 13.9. The van der Waals surface area contributed by atoms with Crippen LogP contribution in [0.2, 0.25) is 0 Å². The Morgan fingerprint density at radius 2 is 2.33 bits per heavy atom. The monoisotopic (exact) mass is 227 g/mol. The van der Waals surface area contributed by atoms with Crippen molar-refractivity contribution in [3.05, 3.63) is 21.9 Å². The first kappa shape index (κ1) is 12.2. The second-order valence-electron chi connectivity index (χ2n) is 3.61. The van der Waals surface area contributed by atoms with E-state index in [1.807, 2.05) is 4.90 Å². The second-order valence-corrected chi connectivity index (χ2v) is 4.73. The largest absolute Gasteiger partial charge is 0.480 e. The summed E-state index contributed by atoms with van der Waals surface area (Å²) in [7, 11) is 0. The van der Waals surface area contributed by atoms with Crippen molar-refractivity contribution >= 4 is 17.3 Å². The summed E-state index contributed by atoms with van der Waals surface area (Å²) in [5.74, 6) is -0.753. The molecule has 0 amide bonds. The van der Waals surface area contributed by atoms with Gasteiger partial charge in [-0.15, -0.1) is 11.3 Å². The number of aryl methyl sites for hydroxylation is 1. The van der Waals surface area contributed by atoms with E-state index in [4.69, 9.17) is 5.11 Å². The van der Waals surface area contributed by atoms with Gasteiger partial charge in [0.25, 0.3) is 0 Å². The maximum absolute atomic E-state index is 10.7. The molecule has 0 atom stereocenters. The smallest absolute Gasteiger partial charge is 0.317 e. The highest BCUT2D eigenvalue weighted by atomic mass is 32.1. The zero-order valence-electron chi connectivity index (χ0n) is 9.19. The third-order valence-electron chi connectivity index (χ3n) is 2.26. The Hall–Kier alpha value is -0.870. The third-order valence-corrected chi connectivity index (χ3v) is 3.15. The van der Waals surface area contributed by atoms with E-state index in [2.05, 4.69) is 25.3 Å². The standard InChI is InChI=1S/C11H17NO2S/c1-3-5-12(8-11(13)14)7-10-4-6-15-9(10)2/h4,6H,3,5,7-8H2,1-2H3,(H,13,14). The fourth-order valence-electron chi connectivity index (χ4n) is 1.54. The van der Waals surface area contributed by atoms with Crippen LogP contribution in [-0.2, 0) is 11.3 Å². The van der Waals surface area contributed by atoms with Crippen molar-refractivity contribution in [3.8, 4) is 0 Å². The summed E-state index contributed by atoms with van der Waals surface area (Å²) in [5, 5.41) is 10.8. The number of hydrogen-bond donors (Lipinski definition) is 1. The lowest BCUT2D eigenvalue weighted by Gasteiger charge is -2.19. The van der Waals surface area contributed by atoms with Crippen LogP contribution in [0.3, 0.4) is 0 Å². The second kappa shape index (κ2) is 5.88. The summed E-state index contributed by atoms with van der Waals surface area (Å²) in [6, 6.07) is 2.07. The maximum atomic E-state index is 10.7. The van der Waals surface area contributed by atoms with Crippen LogP contribution in [0.4, 0.5) is 0 Å². The molecular formula is C11H17NO2S. The van der Waals surface area contributed by atoms with Crippen molar-refractivity contribution in [1.29, 1.82) is 0 Å². The number of nitrogens with zero attached hydrogens (tertiary/aromatic N) is 1. The number of rotatable bonds is 6. The van der Waals surface area contributed by atoms with Crippen molar-refractivity contribution in [2.45, 2.75) is 26.8 Å². The van der Waals surface area contributed by atoms with Gasteiger partial charge in [0.05, 0.1) is 6.54 Å². The summed E-state index contributed by atoms with van der Waals surface area (Å²) in [6.07, 6.45) is 0.983. The molecule has 0 spiro atoms. The topological polar surface area (TPSA) is 40.5 Å². The molecule has 1 N–H and O–H groups in total. The van der Waals surface area contributed by atoms with Crippen molar-refractivity contribution in [1.82, 2.24) is 4.90 Å². The fraction of sp³-hybridized carbons (Fsp3) is 0.545. The Labute approximate surface area is 94.3 Å². The predicted molar refractivity (Wildman–Crippen MR) is 62.3 cm³/mol. The van der Waals surface area contributed by atoms with Crippen molar-refractivity contribution in [3.63, 3.8) is 0 Å². The minimum Gasteiger partial charge on any atom is -0.480 e. The molecule has 15 heavy (non-hydrogen) atoms. The molecule has 1 heterocycles. The predicted octanol–water partition coefficient (Wildman–Crippen LogP) is 2.35.